The molecule has 3 rings (SSSR count). The molecule has 12 heteroatoms. The van der Waals surface area contributed by atoms with E-state index in [9.17, 15) is 18.3 Å². The number of aromatic nitrogens is 2. The van der Waals surface area contributed by atoms with Gasteiger partial charge in [0.05, 0.1) is 36.7 Å². The van der Waals surface area contributed by atoms with E-state index in [4.69, 9.17) is 9.47 Å². The van der Waals surface area contributed by atoms with Crippen LogP contribution in [0.4, 0.5) is 5.69 Å². The Balaban J connectivity index is 2.02. The molecule has 2 aromatic rings. The number of amides is 1. The number of imidazole rings is 1. The summed E-state index contributed by atoms with van der Waals surface area (Å²) < 4.78 is 42.4. The molecule has 0 unspecified atom stereocenters. The topological polar surface area (TPSA) is 126 Å². The predicted octanol–water partition coefficient (Wildman–Crippen LogP) is 2.58. The molecule has 0 fully saturated rings. The third-order valence-electron chi connectivity index (χ3n) is 6.81. The highest BCUT2D eigenvalue weighted by Crippen LogP contribution is 2.29. The summed E-state index contributed by atoms with van der Waals surface area (Å²) in [5.41, 5.74) is 0.432. The monoisotopic (exact) mass is 565 g/mol. The van der Waals surface area contributed by atoms with Crippen LogP contribution in [0, 0.1) is 5.92 Å². The molecule has 0 saturated heterocycles. The zero-order valence-electron chi connectivity index (χ0n) is 23.8. The van der Waals surface area contributed by atoms with Crippen molar-refractivity contribution in [3.63, 3.8) is 0 Å². The average Bonchev–Trinajstić information content (AvgIpc) is 3.32. The Labute approximate surface area is 232 Å². The second kappa shape index (κ2) is 13.6. The van der Waals surface area contributed by atoms with Crippen LogP contribution in [0.5, 0.6) is 5.75 Å². The second-order valence-corrected chi connectivity index (χ2v) is 12.4. The number of hydrogen-bond donors (Lipinski definition) is 2. The summed E-state index contributed by atoms with van der Waals surface area (Å²) in [4.78, 5) is 21.7. The SMILES string of the molecule is C[C@@H]1CN([C@H](C)CO)C(=O)c2cc(NS(=O)(=O)c3cn(C)cn3)ccc2O[C@@H](C)CCCCO[C@H]1CN(C)C. The molecule has 0 radical (unpaired) electrons. The Bertz CT molecular complexity index is 1200. The van der Waals surface area contributed by atoms with Gasteiger partial charge in [0, 0.05) is 44.5 Å². The number of fused-ring (bicyclic) bond motifs is 1. The molecule has 1 aromatic carbocycles. The Morgan fingerprint density at radius 2 is 2.00 bits per heavy atom. The van der Waals surface area contributed by atoms with Crippen molar-refractivity contribution < 1.29 is 27.8 Å². The minimum atomic E-state index is -3.97. The molecule has 1 aliphatic rings. The fourth-order valence-corrected chi connectivity index (χ4v) is 5.58. The van der Waals surface area contributed by atoms with Crippen molar-refractivity contribution in [3.8, 4) is 5.75 Å². The highest BCUT2D eigenvalue weighted by Gasteiger charge is 2.30. The first kappa shape index (κ1) is 30.9. The van der Waals surface area contributed by atoms with Gasteiger partial charge < -0.3 is 28.9 Å². The quantitative estimate of drug-likeness (QED) is 0.525. The van der Waals surface area contributed by atoms with E-state index in [1.165, 1.54) is 18.6 Å². The second-order valence-electron chi connectivity index (χ2n) is 10.8. The van der Waals surface area contributed by atoms with Crippen molar-refractivity contribution in [1.82, 2.24) is 19.4 Å². The zero-order valence-corrected chi connectivity index (χ0v) is 24.6. The van der Waals surface area contributed by atoms with Crippen LogP contribution in [0.2, 0.25) is 0 Å². The molecule has 0 spiro atoms. The summed E-state index contributed by atoms with van der Waals surface area (Å²) in [7, 11) is 1.69. The average molecular weight is 566 g/mol. The lowest BCUT2D eigenvalue weighted by Gasteiger charge is -2.35. The maximum Gasteiger partial charge on any atom is 0.280 e. The number of nitrogens with one attached hydrogen (secondary N) is 1. The number of sulfonamides is 1. The highest BCUT2D eigenvalue weighted by atomic mass is 32.2. The van der Waals surface area contributed by atoms with Crippen LogP contribution >= 0.6 is 0 Å². The van der Waals surface area contributed by atoms with Crippen LogP contribution in [0.3, 0.4) is 0 Å². The lowest BCUT2D eigenvalue weighted by atomic mass is 10.0. The van der Waals surface area contributed by atoms with Crippen LogP contribution in [0.15, 0.2) is 35.7 Å². The number of carbonyl (C=O) groups excluding carboxylic acids is 1. The van der Waals surface area contributed by atoms with Crippen LogP contribution in [0.1, 0.15) is 50.4 Å². The van der Waals surface area contributed by atoms with Crippen molar-refractivity contribution in [1.29, 1.82) is 0 Å². The number of likely N-dealkylation sites (N-methyl/N-ethyl adjacent to an activating group) is 1. The normalized spacial score (nSPS) is 22.6. The molecule has 39 heavy (non-hydrogen) atoms. The van der Waals surface area contributed by atoms with E-state index in [1.807, 2.05) is 27.9 Å². The van der Waals surface area contributed by atoms with E-state index < -0.39 is 16.1 Å². The van der Waals surface area contributed by atoms with E-state index in [-0.39, 0.29) is 46.9 Å². The summed E-state index contributed by atoms with van der Waals surface area (Å²) in [6, 6.07) is 4.21. The van der Waals surface area contributed by atoms with E-state index in [0.29, 0.717) is 25.4 Å². The van der Waals surface area contributed by atoms with Gasteiger partial charge in [-0.15, -0.1) is 0 Å². The number of aryl methyl sites for hydroxylation is 1. The minimum absolute atomic E-state index is 0.0255. The van der Waals surface area contributed by atoms with Gasteiger partial charge >= 0.3 is 0 Å². The summed E-state index contributed by atoms with van der Waals surface area (Å²) >= 11 is 0. The number of carbonyl (C=O) groups is 1. The number of nitrogens with zero attached hydrogens (tertiary/aromatic N) is 4. The third-order valence-corrected chi connectivity index (χ3v) is 8.07. The van der Waals surface area contributed by atoms with E-state index in [0.717, 1.165) is 19.3 Å². The van der Waals surface area contributed by atoms with Crippen molar-refractivity contribution in [2.45, 2.75) is 63.3 Å². The molecular weight excluding hydrogens is 522 g/mol. The van der Waals surface area contributed by atoms with Gasteiger partial charge in [0.15, 0.2) is 5.03 Å². The maximum absolute atomic E-state index is 14.1. The molecule has 2 heterocycles. The van der Waals surface area contributed by atoms with Gasteiger partial charge in [-0.25, -0.2) is 4.98 Å². The third kappa shape index (κ3) is 8.41. The van der Waals surface area contributed by atoms with Crippen molar-refractivity contribution in [3.05, 3.63) is 36.3 Å². The molecule has 1 aliphatic heterocycles. The summed E-state index contributed by atoms with van der Waals surface area (Å²) in [5.74, 6) is -0.0122. The minimum Gasteiger partial charge on any atom is -0.490 e. The standard InChI is InChI=1S/C27H43N5O6S/c1-19-14-32(20(2)17-33)27(34)23-13-22(29-39(35,36)26-16-31(6)18-28-26)10-11-24(23)38-21(3)9-7-8-12-37-25(19)15-30(4)5/h10-11,13,16,18-21,25,29,33H,7-9,12,14-15,17H2,1-6H3/t19-,20-,21+,25+/m1/s1. The molecule has 218 valence electrons. The summed E-state index contributed by atoms with van der Waals surface area (Å²) in [5, 5.41) is 9.91. The predicted molar refractivity (Wildman–Crippen MR) is 149 cm³/mol. The molecule has 2 N–H and O–H groups in total. The largest absolute Gasteiger partial charge is 0.490 e. The molecule has 11 nitrogen and oxygen atoms in total. The highest BCUT2D eigenvalue weighted by molar-refractivity contribution is 7.92. The van der Waals surface area contributed by atoms with Crippen molar-refractivity contribution in [2.75, 3.05) is 45.1 Å². The molecule has 4 atom stereocenters. The first-order valence-corrected chi connectivity index (χ1v) is 14.9. The molecule has 1 amide bonds. The molecule has 0 bridgehead atoms. The Morgan fingerprint density at radius 1 is 1.26 bits per heavy atom. The van der Waals surface area contributed by atoms with Gasteiger partial charge in [-0.2, -0.15) is 8.42 Å². The molecular formula is C27H43N5O6S. The van der Waals surface area contributed by atoms with E-state index in [2.05, 4.69) is 14.6 Å². The molecule has 1 aromatic heterocycles. The summed E-state index contributed by atoms with van der Waals surface area (Å²) in [6.07, 6.45) is 5.10. The van der Waals surface area contributed by atoms with Gasteiger partial charge in [0.1, 0.15) is 5.75 Å². The number of aliphatic hydroxyl groups is 1. The fourth-order valence-electron chi connectivity index (χ4n) is 4.54. The fraction of sp³-hybridized carbons (Fsp3) is 0.630. The molecule has 0 aliphatic carbocycles. The van der Waals surface area contributed by atoms with Crippen molar-refractivity contribution in [2.24, 2.45) is 13.0 Å². The number of benzene rings is 1. The van der Waals surface area contributed by atoms with Crippen LogP contribution in [0.25, 0.3) is 0 Å². The van der Waals surface area contributed by atoms with Crippen molar-refractivity contribution >= 4 is 21.6 Å². The smallest absolute Gasteiger partial charge is 0.280 e. The Kier molecular flexibility index (Phi) is 10.8. The number of aliphatic hydroxyl groups excluding tert-OH is 1. The van der Waals surface area contributed by atoms with Crippen LogP contribution < -0.4 is 9.46 Å². The van der Waals surface area contributed by atoms with Gasteiger partial charge in [-0.1, -0.05) is 6.92 Å². The van der Waals surface area contributed by atoms with Gasteiger partial charge in [-0.3, -0.25) is 9.52 Å². The maximum atomic E-state index is 14.1. The number of rotatable bonds is 7. The van der Waals surface area contributed by atoms with Gasteiger partial charge in [-0.05, 0) is 65.4 Å². The number of ether oxygens (including phenoxy) is 2. The first-order chi connectivity index (χ1) is 18.4. The lowest BCUT2D eigenvalue weighted by Crippen LogP contribution is -2.47. The summed E-state index contributed by atoms with van der Waals surface area (Å²) in [6.45, 7) is 7.22. The van der Waals surface area contributed by atoms with Gasteiger partial charge in [0.2, 0.25) is 0 Å². The van der Waals surface area contributed by atoms with Crippen LogP contribution in [-0.2, 0) is 21.8 Å². The number of hydrogen-bond acceptors (Lipinski definition) is 8. The van der Waals surface area contributed by atoms with E-state index >= 15 is 0 Å². The van der Waals surface area contributed by atoms with Gasteiger partial charge in [0.25, 0.3) is 15.9 Å². The zero-order chi connectivity index (χ0) is 28.7. The lowest BCUT2D eigenvalue weighted by molar-refractivity contribution is -0.0137. The number of anilines is 1. The Hall–Kier alpha value is -2.67. The van der Waals surface area contributed by atoms with Crippen LogP contribution in [-0.4, -0.2) is 97.4 Å². The van der Waals surface area contributed by atoms with E-state index in [1.54, 1.807) is 35.6 Å². The first-order valence-electron chi connectivity index (χ1n) is 13.4. The molecule has 0 saturated carbocycles. The Morgan fingerprint density at radius 3 is 2.64 bits per heavy atom.